The van der Waals surface area contributed by atoms with Gasteiger partial charge in [0.1, 0.15) is 0 Å². The average Bonchev–Trinajstić information content (AvgIpc) is 2.29. The fourth-order valence-corrected chi connectivity index (χ4v) is 1.66. The molecule has 2 nitrogen and oxygen atoms in total. The highest BCUT2D eigenvalue weighted by molar-refractivity contribution is 5.98. The predicted molar refractivity (Wildman–Crippen MR) is 64.9 cm³/mol. The second kappa shape index (κ2) is 5.38. The molecule has 7 heteroatoms. The van der Waals surface area contributed by atoms with Crippen LogP contribution in [0.3, 0.4) is 0 Å². The van der Waals surface area contributed by atoms with Gasteiger partial charge in [0, 0.05) is 5.69 Å². The summed E-state index contributed by atoms with van der Waals surface area (Å²) in [6.45, 7) is 5.01. The first-order valence-electron chi connectivity index (χ1n) is 5.84. The van der Waals surface area contributed by atoms with Gasteiger partial charge in [-0.1, -0.05) is 32.0 Å². The number of carbonyl (C=O) groups is 1. The van der Waals surface area contributed by atoms with Crippen LogP contribution < -0.4 is 5.32 Å². The number of halogens is 5. The largest absolute Gasteiger partial charge is 0.463 e. The minimum atomic E-state index is -5.92. The molecular formula is C13H14F5NO. The molecular weight excluding hydrogens is 281 g/mol. The van der Waals surface area contributed by atoms with Crippen molar-refractivity contribution in [2.24, 2.45) is 0 Å². The van der Waals surface area contributed by atoms with Crippen molar-refractivity contribution in [2.45, 2.75) is 38.8 Å². The molecule has 0 aliphatic rings. The van der Waals surface area contributed by atoms with Crippen molar-refractivity contribution >= 4 is 11.6 Å². The summed E-state index contributed by atoms with van der Waals surface area (Å²) in [5, 5.41) is 1.70. The fraction of sp³-hybridized carbons (Fsp3) is 0.462. The molecule has 0 aliphatic heterocycles. The van der Waals surface area contributed by atoms with Crippen molar-refractivity contribution in [2.75, 3.05) is 5.32 Å². The Morgan fingerprint density at radius 1 is 1.15 bits per heavy atom. The molecule has 0 spiro atoms. The maximum Gasteiger partial charge on any atom is 0.463 e. The third kappa shape index (κ3) is 3.08. The summed E-state index contributed by atoms with van der Waals surface area (Å²) >= 11 is 0. The normalized spacial score (nSPS) is 12.7. The molecule has 0 fully saturated rings. The fourth-order valence-electron chi connectivity index (χ4n) is 1.66. The van der Waals surface area contributed by atoms with Gasteiger partial charge in [0.25, 0.3) is 0 Å². The van der Waals surface area contributed by atoms with E-state index in [1.54, 1.807) is 31.3 Å². The molecule has 1 aromatic rings. The lowest BCUT2D eigenvalue weighted by Crippen LogP contribution is -2.47. The predicted octanol–water partition coefficient (Wildman–Crippen LogP) is 4.25. The molecule has 0 saturated carbocycles. The van der Waals surface area contributed by atoms with Crippen LogP contribution in [0.25, 0.3) is 0 Å². The number of alkyl halides is 5. The van der Waals surface area contributed by atoms with Crippen molar-refractivity contribution < 1.29 is 26.7 Å². The third-order valence-corrected chi connectivity index (χ3v) is 2.81. The molecule has 0 aromatic heterocycles. The van der Waals surface area contributed by atoms with Crippen LogP contribution >= 0.6 is 0 Å². The van der Waals surface area contributed by atoms with Crippen LogP contribution in [0.4, 0.5) is 27.6 Å². The van der Waals surface area contributed by atoms with Crippen LogP contribution in [0.1, 0.15) is 30.9 Å². The van der Waals surface area contributed by atoms with Crippen LogP contribution in [-0.4, -0.2) is 18.0 Å². The number of hydrogen-bond donors (Lipinski definition) is 1. The van der Waals surface area contributed by atoms with Crippen molar-refractivity contribution in [3.8, 4) is 0 Å². The standard InChI is InChI=1S/C13H14F5NO/c1-7(2)9-6-4-5-8(3)10(9)19-11(20)12(14,15)13(16,17)18/h4-7H,1-3H3,(H,19,20). The topological polar surface area (TPSA) is 29.1 Å². The Bertz CT molecular complexity index is 508. The van der Waals surface area contributed by atoms with Gasteiger partial charge in [-0.25, -0.2) is 0 Å². The van der Waals surface area contributed by atoms with E-state index < -0.39 is 18.0 Å². The van der Waals surface area contributed by atoms with Crippen LogP contribution in [0.5, 0.6) is 0 Å². The lowest BCUT2D eigenvalue weighted by atomic mass is 9.98. The number of carbonyl (C=O) groups excluding carboxylic acids is 1. The highest BCUT2D eigenvalue weighted by atomic mass is 19.4. The highest BCUT2D eigenvalue weighted by Gasteiger charge is 2.63. The van der Waals surface area contributed by atoms with E-state index >= 15 is 0 Å². The summed E-state index contributed by atoms with van der Waals surface area (Å²) in [6.07, 6.45) is -5.92. The van der Waals surface area contributed by atoms with Gasteiger partial charge in [0.15, 0.2) is 0 Å². The van der Waals surface area contributed by atoms with Gasteiger partial charge in [-0.15, -0.1) is 0 Å². The minimum Gasteiger partial charge on any atom is -0.320 e. The van der Waals surface area contributed by atoms with Gasteiger partial charge in [-0.05, 0) is 24.0 Å². The summed E-state index contributed by atoms with van der Waals surface area (Å²) in [5.74, 6) is -7.94. The summed E-state index contributed by atoms with van der Waals surface area (Å²) in [6, 6.07) is 4.73. The first-order valence-corrected chi connectivity index (χ1v) is 5.84. The molecule has 0 radical (unpaired) electrons. The summed E-state index contributed by atoms with van der Waals surface area (Å²) in [4.78, 5) is 11.2. The highest BCUT2D eigenvalue weighted by Crippen LogP contribution is 2.37. The summed E-state index contributed by atoms with van der Waals surface area (Å²) in [7, 11) is 0. The zero-order valence-corrected chi connectivity index (χ0v) is 11.1. The van der Waals surface area contributed by atoms with Crippen molar-refractivity contribution in [3.05, 3.63) is 29.3 Å². The number of anilines is 1. The van der Waals surface area contributed by atoms with E-state index in [0.29, 0.717) is 11.1 Å². The van der Waals surface area contributed by atoms with Gasteiger partial charge in [-0.3, -0.25) is 4.79 Å². The molecule has 0 unspecified atom stereocenters. The average molecular weight is 295 g/mol. The monoisotopic (exact) mass is 295 g/mol. The van der Waals surface area contributed by atoms with E-state index in [9.17, 15) is 26.7 Å². The maximum absolute atomic E-state index is 12.9. The lowest BCUT2D eigenvalue weighted by molar-refractivity contribution is -0.267. The number of hydrogen-bond acceptors (Lipinski definition) is 1. The number of rotatable bonds is 3. The Balaban J connectivity index is 3.15. The van der Waals surface area contributed by atoms with E-state index in [2.05, 4.69) is 0 Å². The van der Waals surface area contributed by atoms with Crippen molar-refractivity contribution in [1.82, 2.24) is 0 Å². The van der Waals surface area contributed by atoms with Crippen LogP contribution in [0.15, 0.2) is 18.2 Å². The van der Waals surface area contributed by atoms with Crippen molar-refractivity contribution in [1.29, 1.82) is 0 Å². The number of aryl methyl sites for hydroxylation is 1. The van der Waals surface area contributed by atoms with E-state index in [0.717, 1.165) is 0 Å². The van der Waals surface area contributed by atoms with E-state index in [1.165, 1.54) is 13.0 Å². The van der Waals surface area contributed by atoms with Crippen LogP contribution in [0, 0.1) is 6.92 Å². The van der Waals surface area contributed by atoms with E-state index in [-0.39, 0.29) is 11.6 Å². The maximum atomic E-state index is 12.9. The molecule has 0 bridgehead atoms. The van der Waals surface area contributed by atoms with Gasteiger partial charge < -0.3 is 5.32 Å². The number of para-hydroxylation sites is 1. The smallest absolute Gasteiger partial charge is 0.320 e. The Kier molecular flexibility index (Phi) is 4.41. The molecule has 0 aliphatic carbocycles. The molecule has 20 heavy (non-hydrogen) atoms. The second-order valence-electron chi connectivity index (χ2n) is 4.72. The first kappa shape index (κ1) is 16.4. The summed E-state index contributed by atoms with van der Waals surface area (Å²) in [5.41, 5.74) is 0.912. The Morgan fingerprint density at radius 3 is 2.15 bits per heavy atom. The Morgan fingerprint density at radius 2 is 1.70 bits per heavy atom. The molecule has 1 N–H and O–H groups in total. The zero-order valence-electron chi connectivity index (χ0n) is 11.1. The first-order chi connectivity index (χ1) is 8.98. The molecule has 1 amide bonds. The van der Waals surface area contributed by atoms with Gasteiger partial charge in [-0.2, -0.15) is 22.0 Å². The van der Waals surface area contributed by atoms with E-state index in [4.69, 9.17) is 0 Å². The molecule has 1 aromatic carbocycles. The number of nitrogens with one attached hydrogen (secondary N) is 1. The van der Waals surface area contributed by atoms with Gasteiger partial charge in [0.2, 0.25) is 0 Å². The summed E-state index contributed by atoms with van der Waals surface area (Å²) < 4.78 is 62.3. The zero-order chi connectivity index (χ0) is 15.7. The second-order valence-corrected chi connectivity index (χ2v) is 4.72. The molecule has 112 valence electrons. The molecule has 1 rings (SSSR count). The SMILES string of the molecule is Cc1cccc(C(C)C)c1NC(=O)C(F)(F)C(F)(F)F. The molecule has 0 heterocycles. The quantitative estimate of drug-likeness (QED) is 0.830. The Hall–Kier alpha value is -1.66. The van der Waals surface area contributed by atoms with E-state index in [1.807, 2.05) is 0 Å². The molecule has 0 saturated heterocycles. The Labute approximate surface area is 113 Å². The number of amides is 1. The van der Waals surface area contributed by atoms with Gasteiger partial charge in [0.05, 0.1) is 0 Å². The minimum absolute atomic E-state index is 0.00331. The van der Waals surface area contributed by atoms with Gasteiger partial charge >= 0.3 is 18.0 Å². The van der Waals surface area contributed by atoms with Crippen LogP contribution in [0.2, 0.25) is 0 Å². The van der Waals surface area contributed by atoms with Crippen molar-refractivity contribution in [3.63, 3.8) is 0 Å². The molecule has 0 atom stereocenters. The van der Waals surface area contributed by atoms with Crippen LogP contribution in [-0.2, 0) is 4.79 Å². The number of benzene rings is 1. The lowest BCUT2D eigenvalue weighted by Gasteiger charge is -2.21. The third-order valence-electron chi connectivity index (χ3n) is 2.81.